The van der Waals surface area contributed by atoms with Gasteiger partial charge in [0.1, 0.15) is 11.9 Å². The van der Waals surface area contributed by atoms with E-state index in [1.165, 1.54) is 0 Å². The molecule has 1 aromatic rings. The highest BCUT2D eigenvalue weighted by Crippen LogP contribution is 2.31. The minimum atomic E-state index is -0.493. The maximum atomic E-state index is 11.8. The van der Waals surface area contributed by atoms with Crippen molar-refractivity contribution >= 4 is 12.4 Å². The maximum Gasteiger partial charge on any atom is 0.408 e. The van der Waals surface area contributed by atoms with E-state index in [9.17, 15) is 9.59 Å². The molecule has 102 valence electrons. The van der Waals surface area contributed by atoms with Gasteiger partial charge in [0.25, 0.3) is 0 Å². The molecule has 1 amide bonds. The summed E-state index contributed by atoms with van der Waals surface area (Å²) in [6, 6.07) is 5.55. The number of amides is 1. The molecule has 0 spiro atoms. The highest BCUT2D eigenvalue weighted by Gasteiger charge is 2.26. The van der Waals surface area contributed by atoms with E-state index in [0.29, 0.717) is 5.56 Å². The van der Waals surface area contributed by atoms with Crippen molar-refractivity contribution in [1.82, 2.24) is 5.32 Å². The van der Waals surface area contributed by atoms with Crippen molar-refractivity contribution in [2.24, 2.45) is 0 Å². The van der Waals surface area contributed by atoms with Gasteiger partial charge >= 0.3 is 6.09 Å². The summed E-state index contributed by atoms with van der Waals surface area (Å²) in [6.07, 6.45) is 2.16. The third kappa shape index (κ3) is 3.34. The van der Waals surface area contributed by atoms with Crippen LogP contribution in [-0.2, 0) is 11.2 Å². The van der Waals surface area contributed by atoms with E-state index in [1.807, 2.05) is 32.9 Å². The average molecular weight is 261 g/mol. The van der Waals surface area contributed by atoms with Crippen molar-refractivity contribution in [1.29, 1.82) is 0 Å². The Kier molecular flexibility index (Phi) is 3.60. The van der Waals surface area contributed by atoms with Crippen LogP contribution in [0.25, 0.3) is 0 Å². The van der Waals surface area contributed by atoms with Crippen molar-refractivity contribution < 1.29 is 14.3 Å². The van der Waals surface area contributed by atoms with Gasteiger partial charge in [0.15, 0.2) is 0 Å². The lowest BCUT2D eigenvalue weighted by Gasteiger charge is -2.22. The number of carbonyl (C=O) groups is 2. The van der Waals surface area contributed by atoms with Gasteiger partial charge in [0.05, 0.1) is 6.04 Å². The second kappa shape index (κ2) is 5.03. The smallest absolute Gasteiger partial charge is 0.408 e. The van der Waals surface area contributed by atoms with Crippen molar-refractivity contribution in [2.75, 3.05) is 0 Å². The number of aldehydes is 1. The predicted molar refractivity (Wildman–Crippen MR) is 72.3 cm³/mol. The Morgan fingerprint density at radius 2 is 2.16 bits per heavy atom. The zero-order chi connectivity index (χ0) is 14.0. The molecule has 0 saturated heterocycles. The van der Waals surface area contributed by atoms with Crippen LogP contribution in [0.3, 0.4) is 0 Å². The Morgan fingerprint density at radius 3 is 2.79 bits per heavy atom. The van der Waals surface area contributed by atoms with E-state index in [2.05, 4.69) is 5.32 Å². The lowest BCUT2D eigenvalue weighted by Crippen LogP contribution is -2.34. The normalized spacial score (nSPS) is 17.7. The summed E-state index contributed by atoms with van der Waals surface area (Å²) in [5.41, 5.74) is 2.39. The standard InChI is InChI=1S/C15H19NO3/c1-15(2,3)19-14(18)16-13-7-5-11-8-10(9-17)4-6-12(11)13/h4,6,8-9,13H,5,7H2,1-3H3,(H,16,18)/t13-/m1/s1. The maximum absolute atomic E-state index is 11.8. The number of alkyl carbamates (subject to hydrolysis) is 1. The van der Waals surface area contributed by atoms with Crippen molar-refractivity contribution in [3.8, 4) is 0 Å². The first-order valence-corrected chi connectivity index (χ1v) is 6.46. The highest BCUT2D eigenvalue weighted by atomic mass is 16.6. The molecule has 4 heteroatoms. The average Bonchev–Trinajstić information content (AvgIpc) is 2.69. The Balaban J connectivity index is 2.06. The van der Waals surface area contributed by atoms with Crippen LogP contribution in [0.1, 0.15) is 54.7 Å². The van der Waals surface area contributed by atoms with Gasteiger partial charge < -0.3 is 10.1 Å². The Bertz CT molecular complexity index is 503. The zero-order valence-corrected chi connectivity index (χ0v) is 11.5. The summed E-state index contributed by atoms with van der Waals surface area (Å²) in [5.74, 6) is 0. The highest BCUT2D eigenvalue weighted by molar-refractivity contribution is 5.75. The summed E-state index contributed by atoms with van der Waals surface area (Å²) in [4.78, 5) is 22.5. The minimum Gasteiger partial charge on any atom is -0.444 e. The van der Waals surface area contributed by atoms with Crippen LogP contribution >= 0.6 is 0 Å². The Hall–Kier alpha value is -1.84. The topological polar surface area (TPSA) is 55.4 Å². The van der Waals surface area contributed by atoms with Crippen molar-refractivity contribution in [3.63, 3.8) is 0 Å². The van der Waals surface area contributed by atoms with Crippen LogP contribution < -0.4 is 5.32 Å². The number of rotatable bonds is 2. The lowest BCUT2D eigenvalue weighted by molar-refractivity contribution is 0.0503. The molecule has 1 aliphatic carbocycles. The molecule has 1 aliphatic rings. The number of nitrogens with one attached hydrogen (secondary N) is 1. The number of aryl methyl sites for hydroxylation is 1. The fourth-order valence-electron chi connectivity index (χ4n) is 2.31. The molecular formula is C15H19NO3. The van der Waals surface area contributed by atoms with Gasteiger partial charge in [-0.15, -0.1) is 0 Å². The number of carbonyl (C=O) groups excluding carboxylic acids is 2. The van der Waals surface area contributed by atoms with E-state index in [1.54, 1.807) is 6.07 Å². The summed E-state index contributed by atoms with van der Waals surface area (Å²) >= 11 is 0. The number of hydrogen-bond acceptors (Lipinski definition) is 3. The van der Waals surface area contributed by atoms with Crippen LogP contribution in [0.15, 0.2) is 18.2 Å². The van der Waals surface area contributed by atoms with Gasteiger partial charge in [-0.05, 0) is 50.8 Å². The van der Waals surface area contributed by atoms with Crippen LogP contribution in [0, 0.1) is 0 Å². The van der Waals surface area contributed by atoms with Crippen molar-refractivity contribution in [2.45, 2.75) is 45.3 Å². The first kappa shape index (κ1) is 13.6. The van der Waals surface area contributed by atoms with E-state index in [-0.39, 0.29) is 6.04 Å². The monoisotopic (exact) mass is 261 g/mol. The molecule has 4 nitrogen and oxygen atoms in total. The molecule has 0 saturated carbocycles. The van der Waals surface area contributed by atoms with Crippen LogP contribution in [0.2, 0.25) is 0 Å². The van der Waals surface area contributed by atoms with E-state index < -0.39 is 11.7 Å². The molecule has 1 aromatic carbocycles. The van der Waals surface area contributed by atoms with Gasteiger partial charge in [-0.1, -0.05) is 12.1 Å². The van der Waals surface area contributed by atoms with E-state index >= 15 is 0 Å². The fraction of sp³-hybridized carbons (Fsp3) is 0.467. The number of fused-ring (bicyclic) bond motifs is 1. The van der Waals surface area contributed by atoms with Crippen molar-refractivity contribution in [3.05, 3.63) is 34.9 Å². The summed E-state index contributed by atoms with van der Waals surface area (Å²) < 4.78 is 5.25. The molecule has 1 N–H and O–H groups in total. The molecule has 0 heterocycles. The molecular weight excluding hydrogens is 242 g/mol. The number of ether oxygens (including phenoxy) is 1. The van der Waals surface area contributed by atoms with Gasteiger partial charge in [-0.2, -0.15) is 0 Å². The molecule has 0 aromatic heterocycles. The van der Waals surface area contributed by atoms with Gasteiger partial charge in [-0.25, -0.2) is 4.79 Å². The molecule has 0 aliphatic heterocycles. The fourth-order valence-corrected chi connectivity index (χ4v) is 2.31. The van der Waals surface area contributed by atoms with Crippen LogP contribution in [0.5, 0.6) is 0 Å². The second-order valence-electron chi connectivity index (χ2n) is 5.81. The lowest BCUT2D eigenvalue weighted by atomic mass is 10.1. The van der Waals surface area contributed by atoms with E-state index in [0.717, 1.165) is 30.3 Å². The summed E-state index contributed by atoms with van der Waals surface area (Å²) in [6.45, 7) is 5.52. The third-order valence-corrected chi connectivity index (χ3v) is 3.07. The number of hydrogen-bond donors (Lipinski definition) is 1. The largest absolute Gasteiger partial charge is 0.444 e. The molecule has 2 rings (SSSR count). The zero-order valence-electron chi connectivity index (χ0n) is 11.5. The molecule has 0 unspecified atom stereocenters. The molecule has 1 atom stereocenters. The van der Waals surface area contributed by atoms with E-state index in [4.69, 9.17) is 4.74 Å². The quantitative estimate of drug-likeness (QED) is 0.832. The van der Waals surface area contributed by atoms with Crippen LogP contribution in [0.4, 0.5) is 4.79 Å². The Morgan fingerprint density at radius 1 is 1.42 bits per heavy atom. The SMILES string of the molecule is CC(C)(C)OC(=O)N[C@@H]1CCc2cc(C=O)ccc21. The van der Waals surface area contributed by atoms with Gasteiger partial charge in [0.2, 0.25) is 0 Å². The van der Waals surface area contributed by atoms with Gasteiger partial charge in [-0.3, -0.25) is 4.79 Å². The molecule has 0 bridgehead atoms. The first-order chi connectivity index (χ1) is 8.89. The Labute approximate surface area is 113 Å². The third-order valence-electron chi connectivity index (χ3n) is 3.07. The van der Waals surface area contributed by atoms with Gasteiger partial charge in [0, 0.05) is 5.56 Å². The minimum absolute atomic E-state index is 0.0226. The first-order valence-electron chi connectivity index (χ1n) is 6.46. The molecule has 0 fully saturated rings. The second-order valence-corrected chi connectivity index (χ2v) is 5.81. The number of benzene rings is 1. The summed E-state index contributed by atoms with van der Waals surface area (Å²) in [7, 11) is 0. The summed E-state index contributed by atoms with van der Waals surface area (Å²) in [5, 5.41) is 2.88. The predicted octanol–water partition coefficient (Wildman–Crippen LogP) is 3.01. The molecule has 0 radical (unpaired) electrons. The molecule has 19 heavy (non-hydrogen) atoms. The van der Waals surface area contributed by atoms with Crippen LogP contribution in [-0.4, -0.2) is 18.0 Å².